The van der Waals surface area contributed by atoms with E-state index in [0.29, 0.717) is 0 Å². The fourth-order valence-corrected chi connectivity index (χ4v) is 4.60. The van der Waals surface area contributed by atoms with Gasteiger partial charge in [-0.25, -0.2) is 0 Å². The molecule has 0 unspecified atom stereocenters. The van der Waals surface area contributed by atoms with Crippen LogP contribution < -0.4 is 0 Å². The van der Waals surface area contributed by atoms with Crippen LogP contribution in [-0.4, -0.2) is 23.5 Å². The van der Waals surface area contributed by atoms with E-state index in [1.807, 2.05) is 36.4 Å². The standard InChI is InChI=1S/C23H24N2/c24-18-23(19-8-3-1-4-9-19,20-10-5-2-6-11-20)16-7-17-25-21-12-13-22(25)15-14-21/h1-11,16,21-22H,12-15,17H2. The smallest absolute Gasteiger partial charge is 0.125 e. The highest BCUT2D eigenvalue weighted by atomic mass is 15.2. The summed E-state index contributed by atoms with van der Waals surface area (Å²) in [5.74, 6) is 0. The zero-order valence-corrected chi connectivity index (χ0v) is 14.5. The predicted octanol–water partition coefficient (Wildman–Crippen LogP) is 4.68. The maximum atomic E-state index is 10.2. The normalized spacial score (nSPS) is 23.2. The molecule has 2 saturated heterocycles. The summed E-state index contributed by atoms with van der Waals surface area (Å²) in [7, 11) is 0. The topological polar surface area (TPSA) is 27.0 Å². The molecule has 25 heavy (non-hydrogen) atoms. The van der Waals surface area contributed by atoms with Gasteiger partial charge in [0.2, 0.25) is 0 Å². The number of nitrogens with zero attached hydrogens (tertiary/aromatic N) is 2. The van der Waals surface area contributed by atoms with Crippen LogP contribution in [-0.2, 0) is 5.41 Å². The molecule has 2 heteroatoms. The van der Waals surface area contributed by atoms with Crippen molar-refractivity contribution in [2.45, 2.75) is 43.2 Å². The third kappa shape index (κ3) is 2.90. The molecule has 0 amide bonds. The Morgan fingerprint density at radius 2 is 1.36 bits per heavy atom. The molecule has 2 heterocycles. The van der Waals surface area contributed by atoms with E-state index in [-0.39, 0.29) is 0 Å². The van der Waals surface area contributed by atoms with Crippen molar-refractivity contribution in [1.29, 1.82) is 5.26 Å². The van der Waals surface area contributed by atoms with E-state index in [9.17, 15) is 5.26 Å². The van der Waals surface area contributed by atoms with Crippen molar-refractivity contribution in [2.24, 2.45) is 0 Å². The molecule has 0 aliphatic carbocycles. The fraction of sp³-hybridized carbons (Fsp3) is 0.348. The van der Waals surface area contributed by atoms with E-state index in [2.05, 4.69) is 47.4 Å². The summed E-state index contributed by atoms with van der Waals surface area (Å²) in [5.41, 5.74) is 1.34. The second-order valence-corrected chi connectivity index (χ2v) is 7.21. The first-order chi connectivity index (χ1) is 12.3. The van der Waals surface area contributed by atoms with Crippen molar-refractivity contribution in [3.63, 3.8) is 0 Å². The number of rotatable bonds is 5. The molecule has 0 spiro atoms. The van der Waals surface area contributed by atoms with Crippen LogP contribution in [0.1, 0.15) is 36.8 Å². The zero-order valence-electron chi connectivity index (χ0n) is 14.5. The largest absolute Gasteiger partial charge is 0.294 e. The molecule has 2 aliphatic heterocycles. The maximum absolute atomic E-state index is 10.2. The molecular weight excluding hydrogens is 304 g/mol. The molecule has 0 saturated carbocycles. The van der Waals surface area contributed by atoms with Crippen molar-refractivity contribution in [3.05, 3.63) is 83.9 Å². The highest BCUT2D eigenvalue weighted by Gasteiger charge is 2.38. The molecule has 126 valence electrons. The van der Waals surface area contributed by atoms with Gasteiger partial charge in [-0.15, -0.1) is 0 Å². The lowest BCUT2D eigenvalue weighted by atomic mass is 9.75. The van der Waals surface area contributed by atoms with E-state index in [1.165, 1.54) is 25.7 Å². The van der Waals surface area contributed by atoms with Crippen molar-refractivity contribution in [1.82, 2.24) is 4.90 Å². The first-order valence-electron chi connectivity index (χ1n) is 9.29. The van der Waals surface area contributed by atoms with Crippen molar-refractivity contribution in [2.75, 3.05) is 6.54 Å². The highest BCUT2D eigenvalue weighted by molar-refractivity contribution is 5.51. The summed E-state index contributed by atoms with van der Waals surface area (Å²) >= 11 is 0. The van der Waals surface area contributed by atoms with Crippen LogP contribution in [0.5, 0.6) is 0 Å². The first-order valence-corrected chi connectivity index (χ1v) is 9.29. The monoisotopic (exact) mass is 328 g/mol. The van der Waals surface area contributed by atoms with E-state index >= 15 is 0 Å². The second kappa shape index (κ2) is 6.86. The van der Waals surface area contributed by atoms with Crippen LogP contribution in [0.4, 0.5) is 0 Å². The Labute approximate surface area is 150 Å². The summed E-state index contributed by atoms with van der Waals surface area (Å²) in [4.78, 5) is 2.63. The van der Waals surface area contributed by atoms with E-state index < -0.39 is 5.41 Å². The predicted molar refractivity (Wildman–Crippen MR) is 101 cm³/mol. The first kappa shape index (κ1) is 16.1. The molecule has 0 radical (unpaired) electrons. The minimum Gasteiger partial charge on any atom is -0.294 e. The van der Waals surface area contributed by atoms with Crippen molar-refractivity contribution < 1.29 is 0 Å². The Kier molecular flexibility index (Phi) is 4.42. The molecule has 0 aromatic heterocycles. The van der Waals surface area contributed by atoms with Gasteiger partial charge in [0.05, 0.1) is 6.07 Å². The number of hydrogen-bond donors (Lipinski definition) is 0. The minimum atomic E-state index is -0.721. The number of fused-ring (bicyclic) bond motifs is 2. The van der Waals surface area contributed by atoms with Gasteiger partial charge in [0.1, 0.15) is 5.41 Å². The lowest BCUT2D eigenvalue weighted by Crippen LogP contribution is -2.29. The van der Waals surface area contributed by atoms with Crippen molar-refractivity contribution >= 4 is 0 Å². The Bertz CT molecular complexity index is 713. The van der Waals surface area contributed by atoms with Gasteiger partial charge >= 0.3 is 0 Å². The Balaban J connectivity index is 1.66. The van der Waals surface area contributed by atoms with Crippen LogP contribution in [0, 0.1) is 11.3 Å². The fourth-order valence-electron chi connectivity index (χ4n) is 4.60. The summed E-state index contributed by atoms with van der Waals surface area (Å²) in [5, 5.41) is 10.2. The van der Waals surface area contributed by atoms with Crippen LogP contribution in [0.3, 0.4) is 0 Å². The van der Waals surface area contributed by atoms with Gasteiger partial charge < -0.3 is 0 Å². The summed E-state index contributed by atoms with van der Waals surface area (Å²) in [6, 6.07) is 24.4. The average Bonchev–Trinajstić information content (AvgIpc) is 3.26. The average molecular weight is 328 g/mol. The van der Waals surface area contributed by atoms with Gasteiger partial charge in [-0.3, -0.25) is 4.90 Å². The second-order valence-electron chi connectivity index (χ2n) is 7.21. The molecule has 4 rings (SSSR count). The summed E-state index contributed by atoms with van der Waals surface area (Å²) < 4.78 is 0. The molecule has 2 aromatic rings. The van der Waals surface area contributed by atoms with Crippen molar-refractivity contribution in [3.8, 4) is 6.07 Å². The van der Waals surface area contributed by atoms with Gasteiger partial charge in [-0.1, -0.05) is 72.8 Å². The van der Waals surface area contributed by atoms with Crippen LogP contribution in [0.15, 0.2) is 72.8 Å². The molecule has 2 nitrogen and oxygen atoms in total. The third-order valence-electron chi connectivity index (χ3n) is 5.92. The lowest BCUT2D eigenvalue weighted by Gasteiger charge is -2.25. The van der Waals surface area contributed by atoms with Crippen LogP contribution in [0.2, 0.25) is 0 Å². The van der Waals surface area contributed by atoms with Gasteiger partial charge in [0.25, 0.3) is 0 Å². The molecule has 0 N–H and O–H groups in total. The number of benzene rings is 2. The molecule has 2 aliphatic rings. The zero-order chi connectivity index (χ0) is 17.1. The van der Waals surface area contributed by atoms with Gasteiger partial charge in [0, 0.05) is 18.6 Å². The van der Waals surface area contributed by atoms with Gasteiger partial charge in [0.15, 0.2) is 0 Å². The molecule has 2 aromatic carbocycles. The van der Waals surface area contributed by atoms with Crippen LogP contribution >= 0.6 is 0 Å². The van der Waals surface area contributed by atoms with E-state index in [1.54, 1.807) is 0 Å². The Hall–Kier alpha value is -2.37. The highest BCUT2D eigenvalue weighted by Crippen LogP contribution is 2.38. The third-order valence-corrected chi connectivity index (χ3v) is 5.92. The summed E-state index contributed by atoms with van der Waals surface area (Å²) in [6.07, 6.45) is 9.73. The quantitative estimate of drug-likeness (QED) is 0.745. The number of hydrogen-bond acceptors (Lipinski definition) is 2. The van der Waals surface area contributed by atoms with E-state index in [0.717, 1.165) is 29.8 Å². The number of allylic oxidation sites excluding steroid dienone is 1. The van der Waals surface area contributed by atoms with Gasteiger partial charge in [-0.2, -0.15) is 5.26 Å². The maximum Gasteiger partial charge on any atom is 0.125 e. The molecule has 0 atom stereocenters. The van der Waals surface area contributed by atoms with E-state index in [4.69, 9.17) is 0 Å². The van der Waals surface area contributed by atoms with Crippen LogP contribution in [0.25, 0.3) is 0 Å². The summed E-state index contributed by atoms with van der Waals surface area (Å²) in [6.45, 7) is 0.957. The Morgan fingerprint density at radius 3 is 1.80 bits per heavy atom. The molecule has 2 fully saturated rings. The van der Waals surface area contributed by atoms with Gasteiger partial charge in [-0.05, 0) is 36.8 Å². The minimum absolute atomic E-state index is 0.721. The Morgan fingerprint density at radius 1 is 0.880 bits per heavy atom. The number of nitriles is 1. The molecular formula is C23H24N2. The lowest BCUT2D eigenvalue weighted by molar-refractivity contribution is 0.281. The molecule has 2 bridgehead atoms. The SMILES string of the molecule is N#CC(C=CCN1C2CCC1CC2)(c1ccccc1)c1ccccc1.